The van der Waals surface area contributed by atoms with E-state index in [0.29, 0.717) is 0 Å². The van der Waals surface area contributed by atoms with E-state index in [1.54, 1.807) is 0 Å². The first-order valence-corrected chi connectivity index (χ1v) is 2.53. The SMILES string of the molecule is COC(=O)c1[nH]cnc1F. The number of hydrogen-bond donors (Lipinski definition) is 1. The van der Waals surface area contributed by atoms with Crippen molar-refractivity contribution in [3.8, 4) is 0 Å². The molecular formula is C5H5FN2O2. The minimum absolute atomic E-state index is 0.248. The molecule has 54 valence electrons. The quantitative estimate of drug-likeness (QED) is 0.578. The van der Waals surface area contributed by atoms with E-state index in [1.807, 2.05) is 0 Å². The van der Waals surface area contributed by atoms with Crippen LogP contribution in [0.3, 0.4) is 0 Å². The Bertz CT molecular complexity index is 246. The van der Waals surface area contributed by atoms with Gasteiger partial charge in [0.1, 0.15) is 0 Å². The van der Waals surface area contributed by atoms with Crippen molar-refractivity contribution in [2.75, 3.05) is 7.11 Å². The molecule has 0 aliphatic rings. The predicted octanol–water partition coefficient (Wildman–Crippen LogP) is 0.335. The van der Waals surface area contributed by atoms with E-state index in [1.165, 1.54) is 7.11 Å². The van der Waals surface area contributed by atoms with Gasteiger partial charge >= 0.3 is 5.97 Å². The van der Waals surface area contributed by atoms with Crippen LogP contribution in [-0.2, 0) is 4.74 Å². The van der Waals surface area contributed by atoms with Gasteiger partial charge in [-0.15, -0.1) is 0 Å². The van der Waals surface area contributed by atoms with Crippen LogP contribution in [0.2, 0.25) is 0 Å². The number of rotatable bonds is 1. The number of nitrogens with one attached hydrogen (secondary N) is 1. The van der Waals surface area contributed by atoms with Crippen molar-refractivity contribution in [2.45, 2.75) is 0 Å². The molecule has 0 saturated carbocycles. The molecule has 1 aromatic heterocycles. The number of methoxy groups -OCH3 is 1. The van der Waals surface area contributed by atoms with E-state index in [9.17, 15) is 9.18 Å². The number of ether oxygens (including phenoxy) is 1. The van der Waals surface area contributed by atoms with Gasteiger partial charge in [0, 0.05) is 0 Å². The number of nitrogens with zero attached hydrogens (tertiary/aromatic N) is 1. The van der Waals surface area contributed by atoms with Gasteiger partial charge in [-0.25, -0.2) is 9.78 Å². The smallest absolute Gasteiger partial charge is 0.359 e. The molecule has 0 atom stereocenters. The molecule has 0 aliphatic carbocycles. The molecule has 0 aliphatic heterocycles. The second kappa shape index (κ2) is 2.47. The zero-order chi connectivity index (χ0) is 7.56. The Morgan fingerprint density at radius 3 is 3.00 bits per heavy atom. The molecule has 4 nitrogen and oxygen atoms in total. The molecule has 5 heteroatoms. The number of aromatic amines is 1. The van der Waals surface area contributed by atoms with Gasteiger partial charge in [-0.2, -0.15) is 4.39 Å². The molecular weight excluding hydrogens is 139 g/mol. The lowest BCUT2D eigenvalue weighted by molar-refractivity contribution is 0.0589. The summed E-state index contributed by atoms with van der Waals surface area (Å²) in [5.41, 5.74) is -0.248. The number of aromatic nitrogens is 2. The summed E-state index contributed by atoms with van der Waals surface area (Å²) in [6, 6.07) is 0. The van der Waals surface area contributed by atoms with Gasteiger partial charge in [0.05, 0.1) is 13.4 Å². The van der Waals surface area contributed by atoms with Gasteiger partial charge in [-0.1, -0.05) is 0 Å². The molecule has 0 radical (unpaired) electrons. The number of H-pyrrole nitrogens is 1. The van der Waals surface area contributed by atoms with Crippen LogP contribution >= 0.6 is 0 Å². The number of carbonyl (C=O) groups is 1. The predicted molar refractivity (Wildman–Crippen MR) is 29.9 cm³/mol. The van der Waals surface area contributed by atoms with Gasteiger partial charge in [0.15, 0.2) is 5.69 Å². The summed E-state index contributed by atoms with van der Waals surface area (Å²) in [4.78, 5) is 16.0. The van der Waals surface area contributed by atoms with E-state index in [-0.39, 0.29) is 5.69 Å². The normalized spacial score (nSPS) is 9.40. The molecule has 0 aromatic carbocycles. The van der Waals surface area contributed by atoms with Gasteiger partial charge in [-0.3, -0.25) is 0 Å². The number of hydrogen-bond acceptors (Lipinski definition) is 3. The third-order valence-corrected chi connectivity index (χ3v) is 0.983. The summed E-state index contributed by atoms with van der Waals surface area (Å²) in [5, 5.41) is 0. The van der Waals surface area contributed by atoms with E-state index in [2.05, 4.69) is 14.7 Å². The zero-order valence-corrected chi connectivity index (χ0v) is 5.22. The Hall–Kier alpha value is -1.39. The second-order valence-corrected chi connectivity index (χ2v) is 1.56. The van der Waals surface area contributed by atoms with Crippen molar-refractivity contribution in [1.82, 2.24) is 9.97 Å². The molecule has 0 spiro atoms. The third kappa shape index (κ3) is 0.975. The Kier molecular flexibility index (Phi) is 1.66. The molecule has 1 N–H and O–H groups in total. The summed E-state index contributed by atoms with van der Waals surface area (Å²) in [7, 11) is 1.17. The summed E-state index contributed by atoms with van der Waals surface area (Å²) in [6.07, 6.45) is 1.08. The lowest BCUT2D eigenvalue weighted by Gasteiger charge is -1.91. The fourth-order valence-electron chi connectivity index (χ4n) is 0.523. The highest BCUT2D eigenvalue weighted by molar-refractivity contribution is 5.86. The van der Waals surface area contributed by atoms with Crippen LogP contribution in [0.15, 0.2) is 6.33 Å². The van der Waals surface area contributed by atoms with Gasteiger partial charge in [-0.05, 0) is 0 Å². The van der Waals surface area contributed by atoms with E-state index < -0.39 is 11.9 Å². The number of esters is 1. The van der Waals surface area contributed by atoms with Crippen LogP contribution < -0.4 is 0 Å². The highest BCUT2D eigenvalue weighted by atomic mass is 19.1. The van der Waals surface area contributed by atoms with Crippen LogP contribution in [0.4, 0.5) is 4.39 Å². The van der Waals surface area contributed by atoms with Crippen molar-refractivity contribution in [3.05, 3.63) is 18.0 Å². The average molecular weight is 144 g/mol. The fraction of sp³-hybridized carbons (Fsp3) is 0.200. The molecule has 0 amide bonds. The van der Waals surface area contributed by atoms with Crippen LogP contribution in [0.1, 0.15) is 10.5 Å². The lowest BCUT2D eigenvalue weighted by Crippen LogP contribution is -2.03. The molecule has 0 bridgehead atoms. The van der Waals surface area contributed by atoms with Crippen molar-refractivity contribution >= 4 is 5.97 Å². The molecule has 0 fully saturated rings. The zero-order valence-electron chi connectivity index (χ0n) is 5.22. The summed E-state index contributed by atoms with van der Waals surface area (Å²) in [6.45, 7) is 0. The van der Waals surface area contributed by atoms with Crippen molar-refractivity contribution in [1.29, 1.82) is 0 Å². The molecule has 0 saturated heterocycles. The maximum atomic E-state index is 12.3. The Balaban J connectivity index is 2.93. The molecule has 1 aromatic rings. The number of halogens is 1. The van der Waals surface area contributed by atoms with E-state index in [0.717, 1.165) is 6.33 Å². The van der Waals surface area contributed by atoms with Crippen molar-refractivity contribution < 1.29 is 13.9 Å². The van der Waals surface area contributed by atoms with Crippen LogP contribution in [0.5, 0.6) is 0 Å². The maximum absolute atomic E-state index is 12.3. The molecule has 1 rings (SSSR count). The highest BCUT2D eigenvalue weighted by Crippen LogP contribution is 2.00. The first-order chi connectivity index (χ1) is 4.75. The van der Waals surface area contributed by atoms with E-state index in [4.69, 9.17) is 0 Å². The van der Waals surface area contributed by atoms with Gasteiger partial charge in [0.2, 0.25) is 5.95 Å². The lowest BCUT2D eigenvalue weighted by atomic mass is 10.5. The maximum Gasteiger partial charge on any atom is 0.359 e. The first kappa shape index (κ1) is 6.73. The second-order valence-electron chi connectivity index (χ2n) is 1.56. The Morgan fingerprint density at radius 2 is 2.60 bits per heavy atom. The summed E-state index contributed by atoms with van der Waals surface area (Å²) < 4.78 is 16.6. The summed E-state index contributed by atoms with van der Waals surface area (Å²) >= 11 is 0. The van der Waals surface area contributed by atoms with Crippen LogP contribution in [0.25, 0.3) is 0 Å². The number of carbonyl (C=O) groups excluding carboxylic acids is 1. The topological polar surface area (TPSA) is 55.0 Å². The highest BCUT2D eigenvalue weighted by Gasteiger charge is 2.13. The van der Waals surface area contributed by atoms with Crippen molar-refractivity contribution in [2.24, 2.45) is 0 Å². The standard InChI is InChI=1S/C5H5FN2O2/c1-10-5(9)3-4(6)8-2-7-3/h2H,1H3,(H,7,8). The summed E-state index contributed by atoms with van der Waals surface area (Å²) in [5.74, 6) is -1.60. The third-order valence-electron chi connectivity index (χ3n) is 0.983. The first-order valence-electron chi connectivity index (χ1n) is 2.53. The van der Waals surface area contributed by atoms with Gasteiger partial charge in [0.25, 0.3) is 0 Å². The minimum Gasteiger partial charge on any atom is -0.464 e. The van der Waals surface area contributed by atoms with Crippen LogP contribution in [-0.4, -0.2) is 23.0 Å². The van der Waals surface area contributed by atoms with Gasteiger partial charge < -0.3 is 9.72 Å². The van der Waals surface area contributed by atoms with Crippen molar-refractivity contribution in [3.63, 3.8) is 0 Å². The molecule has 1 heterocycles. The Morgan fingerprint density at radius 1 is 1.90 bits per heavy atom. The van der Waals surface area contributed by atoms with E-state index >= 15 is 0 Å². The largest absolute Gasteiger partial charge is 0.464 e. The fourth-order valence-corrected chi connectivity index (χ4v) is 0.523. The monoisotopic (exact) mass is 144 g/mol. The number of imidazole rings is 1. The molecule has 0 unspecified atom stereocenters. The van der Waals surface area contributed by atoms with Crippen LogP contribution in [0, 0.1) is 5.95 Å². The minimum atomic E-state index is -0.841. The average Bonchev–Trinajstić information content (AvgIpc) is 2.34. The Labute approximate surface area is 56.0 Å². The molecule has 10 heavy (non-hydrogen) atoms.